The van der Waals surface area contributed by atoms with Gasteiger partial charge in [-0.3, -0.25) is 9.59 Å². The third-order valence-corrected chi connectivity index (χ3v) is 7.60. The monoisotopic (exact) mass is 591 g/mol. The number of carbonyl (C=O) groups is 3. The summed E-state index contributed by atoms with van der Waals surface area (Å²) in [5.74, 6) is -0.725. The fraction of sp³-hybridized carbons (Fsp3) is 0.297. The Bertz CT molecular complexity index is 1530. The fourth-order valence-corrected chi connectivity index (χ4v) is 5.65. The van der Waals surface area contributed by atoms with Gasteiger partial charge in [0.15, 0.2) is 0 Å². The SMILES string of the molecule is C=C1C(=O)N(Cc2ccccc2)c2ccccc21.CC.CC#N.O=C(O)/C=C1/C(=O)N(CC2CCCCC2)c2ccccc21. The van der Waals surface area contributed by atoms with Gasteiger partial charge in [-0.15, -0.1) is 0 Å². The second-order valence-corrected chi connectivity index (χ2v) is 10.4. The zero-order chi connectivity index (χ0) is 32.1. The maximum absolute atomic E-state index is 12.6. The van der Waals surface area contributed by atoms with E-state index in [1.807, 2.05) is 92.7 Å². The standard InChI is InChI=1S/C17H19NO3.C16H13NO.C2H3N.C2H6/c19-16(20)10-14-13-8-4-5-9-15(13)18(17(14)21)11-12-6-2-1-3-7-12;1-12-14-9-5-6-10-15(14)17(16(12)18)11-13-7-3-2-4-8-13;1-2-3;1-2/h4-5,8-10,12H,1-3,6-7,11H2,(H,19,20);2-10H,1,11H2;1H3;1-2H3/b14-10+;;;. The van der Waals surface area contributed by atoms with Crippen LogP contribution in [0.15, 0.2) is 91.5 Å². The number of aliphatic carboxylic acids is 1. The Morgan fingerprint density at radius 2 is 1.39 bits per heavy atom. The molecule has 7 nitrogen and oxygen atoms in total. The quantitative estimate of drug-likeness (QED) is 0.304. The van der Waals surface area contributed by atoms with E-state index in [4.69, 9.17) is 10.4 Å². The number of nitrogens with zero attached hydrogens (tertiary/aromatic N) is 3. The van der Waals surface area contributed by atoms with Crippen molar-refractivity contribution in [1.82, 2.24) is 0 Å². The van der Waals surface area contributed by atoms with Crippen LogP contribution in [-0.4, -0.2) is 29.4 Å². The molecule has 3 aromatic carbocycles. The van der Waals surface area contributed by atoms with Crippen molar-refractivity contribution in [1.29, 1.82) is 5.26 Å². The minimum absolute atomic E-state index is 0.0000491. The number of benzene rings is 3. The van der Waals surface area contributed by atoms with Crippen LogP contribution in [0.3, 0.4) is 0 Å². The molecule has 1 fully saturated rings. The Kier molecular flexibility index (Phi) is 12.7. The predicted molar refractivity (Wildman–Crippen MR) is 177 cm³/mol. The van der Waals surface area contributed by atoms with Gasteiger partial charge in [0.25, 0.3) is 11.8 Å². The average Bonchev–Trinajstić information content (AvgIpc) is 3.45. The number of carboxylic acids is 1. The van der Waals surface area contributed by atoms with Crippen molar-refractivity contribution < 1.29 is 19.5 Å². The lowest BCUT2D eigenvalue weighted by Gasteiger charge is -2.27. The van der Waals surface area contributed by atoms with E-state index in [9.17, 15) is 14.4 Å². The molecule has 0 bridgehead atoms. The first-order valence-corrected chi connectivity index (χ1v) is 15.2. The van der Waals surface area contributed by atoms with Crippen molar-refractivity contribution in [2.24, 2.45) is 5.92 Å². The van der Waals surface area contributed by atoms with E-state index in [2.05, 4.69) is 6.58 Å². The first-order chi connectivity index (χ1) is 21.3. The molecular weight excluding hydrogens is 550 g/mol. The number of hydrogen-bond donors (Lipinski definition) is 1. The first-order valence-electron chi connectivity index (χ1n) is 15.2. The van der Waals surface area contributed by atoms with Crippen LogP contribution in [0, 0.1) is 17.2 Å². The van der Waals surface area contributed by atoms with E-state index >= 15 is 0 Å². The highest BCUT2D eigenvalue weighted by atomic mass is 16.4. The van der Waals surface area contributed by atoms with Gasteiger partial charge in [0.1, 0.15) is 0 Å². The third kappa shape index (κ3) is 8.11. The topological polar surface area (TPSA) is 102 Å². The van der Waals surface area contributed by atoms with Crippen molar-refractivity contribution >= 4 is 40.3 Å². The lowest BCUT2D eigenvalue weighted by atomic mass is 9.89. The summed E-state index contributed by atoms with van der Waals surface area (Å²) >= 11 is 0. The van der Waals surface area contributed by atoms with Crippen molar-refractivity contribution in [2.75, 3.05) is 16.3 Å². The van der Waals surface area contributed by atoms with Crippen LogP contribution >= 0.6 is 0 Å². The maximum atomic E-state index is 12.6. The Hall–Kier alpha value is -4.96. The third-order valence-electron chi connectivity index (χ3n) is 7.60. The van der Waals surface area contributed by atoms with Gasteiger partial charge >= 0.3 is 5.97 Å². The molecular formula is C37H41N3O4. The smallest absolute Gasteiger partial charge is 0.329 e. The summed E-state index contributed by atoms with van der Waals surface area (Å²) in [7, 11) is 0. The Labute approximate surface area is 260 Å². The molecule has 6 rings (SSSR count). The molecule has 3 aliphatic rings. The molecule has 1 N–H and O–H groups in total. The molecule has 228 valence electrons. The van der Waals surface area contributed by atoms with E-state index in [0.717, 1.165) is 47.0 Å². The minimum atomic E-state index is -1.08. The molecule has 1 saturated carbocycles. The van der Waals surface area contributed by atoms with Crippen LogP contribution in [-0.2, 0) is 20.9 Å². The highest BCUT2D eigenvalue weighted by Crippen LogP contribution is 2.38. The number of rotatable bonds is 5. The highest BCUT2D eigenvalue weighted by Gasteiger charge is 2.34. The Morgan fingerprint density at radius 3 is 1.98 bits per heavy atom. The number of carboxylic acid groups (broad SMARTS) is 1. The van der Waals surface area contributed by atoms with Gasteiger partial charge in [0.05, 0.1) is 29.6 Å². The van der Waals surface area contributed by atoms with Crippen molar-refractivity contribution in [3.05, 3.63) is 108 Å². The number of anilines is 2. The zero-order valence-corrected chi connectivity index (χ0v) is 25.8. The van der Waals surface area contributed by atoms with E-state index in [0.29, 0.717) is 30.2 Å². The molecule has 0 spiro atoms. The molecule has 0 saturated heterocycles. The normalized spacial score (nSPS) is 16.0. The van der Waals surface area contributed by atoms with Crippen molar-refractivity contribution in [3.8, 4) is 6.07 Å². The second kappa shape index (κ2) is 16.6. The van der Waals surface area contributed by atoms with Crippen LogP contribution in [0.5, 0.6) is 0 Å². The molecule has 0 aromatic heterocycles. The molecule has 0 atom stereocenters. The highest BCUT2D eigenvalue weighted by molar-refractivity contribution is 6.34. The number of nitriles is 1. The van der Waals surface area contributed by atoms with E-state index in [1.165, 1.54) is 26.2 Å². The predicted octanol–water partition coefficient (Wildman–Crippen LogP) is 7.88. The van der Waals surface area contributed by atoms with Gasteiger partial charge in [-0.25, -0.2) is 4.79 Å². The zero-order valence-electron chi connectivity index (χ0n) is 25.8. The van der Waals surface area contributed by atoms with Crippen LogP contribution in [0.4, 0.5) is 11.4 Å². The average molecular weight is 592 g/mol. The molecule has 0 unspecified atom stereocenters. The van der Waals surface area contributed by atoms with Gasteiger partial charge in [-0.2, -0.15) is 5.26 Å². The van der Waals surface area contributed by atoms with Gasteiger partial charge in [-0.05, 0) is 36.5 Å². The van der Waals surface area contributed by atoms with Crippen LogP contribution < -0.4 is 9.80 Å². The molecule has 3 aromatic rings. The molecule has 1 aliphatic carbocycles. The number of para-hydroxylation sites is 2. The maximum Gasteiger partial charge on any atom is 0.329 e. The van der Waals surface area contributed by atoms with Crippen LogP contribution in [0.2, 0.25) is 0 Å². The largest absolute Gasteiger partial charge is 0.478 e. The summed E-state index contributed by atoms with van der Waals surface area (Å²) in [5.41, 5.74) is 5.49. The van der Waals surface area contributed by atoms with Crippen molar-refractivity contribution in [3.63, 3.8) is 0 Å². The van der Waals surface area contributed by atoms with E-state index < -0.39 is 5.97 Å². The van der Waals surface area contributed by atoms with Gasteiger partial charge in [0, 0.05) is 36.2 Å². The molecule has 2 heterocycles. The lowest BCUT2D eigenvalue weighted by Crippen LogP contribution is -2.32. The summed E-state index contributed by atoms with van der Waals surface area (Å²) in [6.45, 7) is 10.6. The van der Waals surface area contributed by atoms with Crippen LogP contribution in [0.1, 0.15) is 69.6 Å². The molecule has 0 radical (unpaired) electrons. The number of carbonyl (C=O) groups excluding carboxylic acids is 2. The second-order valence-electron chi connectivity index (χ2n) is 10.4. The van der Waals surface area contributed by atoms with E-state index in [-0.39, 0.29) is 11.8 Å². The van der Waals surface area contributed by atoms with E-state index in [1.54, 1.807) is 15.9 Å². The van der Waals surface area contributed by atoms with Crippen LogP contribution in [0.25, 0.3) is 11.1 Å². The lowest BCUT2D eigenvalue weighted by molar-refractivity contribution is -0.131. The summed E-state index contributed by atoms with van der Waals surface area (Å²) in [4.78, 5) is 39.3. The summed E-state index contributed by atoms with van der Waals surface area (Å²) in [6, 6.07) is 27.0. The minimum Gasteiger partial charge on any atom is -0.478 e. The summed E-state index contributed by atoms with van der Waals surface area (Å²) < 4.78 is 0. The number of fused-ring (bicyclic) bond motifs is 2. The van der Waals surface area contributed by atoms with Gasteiger partial charge in [-0.1, -0.05) is 106 Å². The molecule has 44 heavy (non-hydrogen) atoms. The molecule has 7 heteroatoms. The van der Waals surface area contributed by atoms with Gasteiger partial charge in [0.2, 0.25) is 0 Å². The molecule has 2 aliphatic heterocycles. The van der Waals surface area contributed by atoms with Gasteiger partial charge < -0.3 is 14.9 Å². The van der Waals surface area contributed by atoms with Crippen molar-refractivity contribution in [2.45, 2.75) is 59.4 Å². The summed E-state index contributed by atoms with van der Waals surface area (Å²) in [6.07, 6.45) is 7.08. The number of hydrogen-bond acceptors (Lipinski definition) is 4. The number of amides is 2. The fourth-order valence-electron chi connectivity index (χ4n) is 5.65. The summed E-state index contributed by atoms with van der Waals surface area (Å²) in [5, 5.41) is 16.3. The first kappa shape index (κ1) is 33.5. The molecule has 2 amide bonds. The Balaban J connectivity index is 0.000000212. The Morgan fingerprint density at radius 1 is 0.864 bits per heavy atom.